The smallest absolute Gasteiger partial charge is 0.0144 e. The maximum absolute atomic E-state index is 3.79. The number of benzene rings is 2. The van der Waals surface area contributed by atoms with Crippen LogP contribution >= 0.6 is 0 Å². The van der Waals surface area contributed by atoms with Crippen molar-refractivity contribution in [2.45, 2.75) is 33.4 Å². The first-order chi connectivity index (χ1) is 11.1. The predicted molar refractivity (Wildman–Crippen MR) is 102 cm³/mol. The summed E-state index contributed by atoms with van der Waals surface area (Å²) >= 11 is 0. The zero-order valence-electron chi connectivity index (χ0n) is 14.2. The molecule has 0 fully saturated rings. The van der Waals surface area contributed by atoms with Gasteiger partial charge in [0.25, 0.3) is 0 Å². The molecule has 0 aromatic heterocycles. The first kappa shape index (κ1) is 14.6. The Labute approximate surface area is 140 Å². The average molecular weight is 313 g/mol. The average Bonchev–Trinajstić information content (AvgIpc) is 3.03. The van der Waals surface area contributed by atoms with E-state index in [4.69, 9.17) is 0 Å². The summed E-state index contributed by atoms with van der Waals surface area (Å²) < 4.78 is 0. The highest BCUT2D eigenvalue weighted by Gasteiger charge is 2.25. The summed E-state index contributed by atoms with van der Waals surface area (Å²) in [6, 6.07) is 17.2. The Morgan fingerprint density at radius 1 is 0.913 bits per heavy atom. The maximum Gasteiger partial charge on any atom is 0.0144 e. The summed E-state index contributed by atoms with van der Waals surface area (Å²) in [5.41, 5.74) is 11.1. The SMILES string of the molecule is CC1=CC(C)=C(c2[c]c3c(cc2)-c2ccccc2C3=[Si](C)C)C1. The minimum Gasteiger partial charge on any atom is -0.0686 e. The molecule has 0 bridgehead atoms. The van der Waals surface area contributed by atoms with E-state index >= 15 is 0 Å². The van der Waals surface area contributed by atoms with Gasteiger partial charge in [-0.1, -0.05) is 61.1 Å². The van der Waals surface area contributed by atoms with Crippen molar-refractivity contribution in [3.8, 4) is 11.1 Å². The number of hydrogen-bond acceptors (Lipinski definition) is 0. The highest BCUT2D eigenvalue weighted by atomic mass is 28.2. The van der Waals surface area contributed by atoms with Crippen LogP contribution in [0.25, 0.3) is 16.7 Å². The molecule has 0 heterocycles. The van der Waals surface area contributed by atoms with Crippen LogP contribution in [0.4, 0.5) is 0 Å². The molecular weight excluding hydrogens is 292 g/mol. The lowest BCUT2D eigenvalue weighted by Crippen LogP contribution is -2.10. The third-order valence-electron chi connectivity index (χ3n) is 4.90. The molecule has 1 heteroatoms. The second-order valence-corrected chi connectivity index (χ2v) is 9.41. The van der Waals surface area contributed by atoms with Crippen molar-refractivity contribution in [2.75, 3.05) is 0 Å². The van der Waals surface area contributed by atoms with E-state index in [0.29, 0.717) is 0 Å². The van der Waals surface area contributed by atoms with Gasteiger partial charge in [0.2, 0.25) is 0 Å². The van der Waals surface area contributed by atoms with Gasteiger partial charge in [-0.25, -0.2) is 0 Å². The fourth-order valence-electron chi connectivity index (χ4n) is 3.91. The summed E-state index contributed by atoms with van der Waals surface area (Å²) in [5.74, 6) is 0. The molecule has 0 saturated heterocycles. The summed E-state index contributed by atoms with van der Waals surface area (Å²) in [5, 5.41) is 1.54. The van der Waals surface area contributed by atoms with Crippen molar-refractivity contribution in [3.05, 3.63) is 76.4 Å². The molecule has 4 rings (SSSR count). The fourth-order valence-corrected chi connectivity index (χ4v) is 5.37. The van der Waals surface area contributed by atoms with Gasteiger partial charge in [0, 0.05) is 8.41 Å². The molecule has 0 atom stereocenters. The Hall–Kier alpha value is -1.99. The van der Waals surface area contributed by atoms with Crippen LogP contribution in [0, 0.1) is 6.07 Å². The van der Waals surface area contributed by atoms with Gasteiger partial charge in [-0.3, -0.25) is 0 Å². The van der Waals surface area contributed by atoms with E-state index in [9.17, 15) is 0 Å². The van der Waals surface area contributed by atoms with Gasteiger partial charge in [-0.2, -0.15) is 0 Å². The largest absolute Gasteiger partial charge is 0.0686 e. The van der Waals surface area contributed by atoms with Gasteiger partial charge in [0.15, 0.2) is 0 Å². The minimum absolute atomic E-state index is 0.543. The van der Waals surface area contributed by atoms with Gasteiger partial charge >= 0.3 is 0 Å². The van der Waals surface area contributed by atoms with Crippen LogP contribution in [0.5, 0.6) is 0 Å². The Morgan fingerprint density at radius 2 is 1.65 bits per heavy atom. The number of allylic oxidation sites excluding steroid dienone is 4. The van der Waals surface area contributed by atoms with Crippen molar-refractivity contribution >= 4 is 19.2 Å². The standard InChI is InChI=1S/C22H21Si/c1-14-11-15(2)20(12-14)16-9-10-18-17-7-5-6-8-19(17)22(23(3)4)21(18)13-16/h5-11H,12H2,1-4H3. The molecule has 0 nitrogen and oxygen atoms in total. The molecule has 0 N–H and O–H groups in total. The molecule has 2 aliphatic rings. The lowest BCUT2D eigenvalue weighted by atomic mass is 9.96. The highest BCUT2D eigenvalue weighted by Crippen LogP contribution is 2.40. The molecule has 0 amide bonds. The van der Waals surface area contributed by atoms with Crippen molar-refractivity contribution in [1.82, 2.24) is 0 Å². The zero-order chi connectivity index (χ0) is 16.1. The van der Waals surface area contributed by atoms with Gasteiger partial charge in [0.1, 0.15) is 0 Å². The number of hydrogen-bond donors (Lipinski definition) is 0. The first-order valence-corrected chi connectivity index (χ1v) is 10.8. The molecular formula is C22H21Si. The van der Waals surface area contributed by atoms with Crippen LogP contribution in [0.1, 0.15) is 37.0 Å². The number of fused-ring (bicyclic) bond motifs is 3. The molecule has 2 aliphatic carbocycles. The maximum atomic E-state index is 3.79. The normalized spacial score (nSPS) is 15.7. The minimum atomic E-state index is -0.543. The van der Waals surface area contributed by atoms with Crippen LogP contribution in [0.3, 0.4) is 0 Å². The van der Waals surface area contributed by atoms with Gasteiger partial charge in [-0.15, -0.1) is 0 Å². The molecule has 0 spiro atoms. The molecule has 0 saturated carbocycles. The second kappa shape index (κ2) is 5.28. The van der Waals surface area contributed by atoms with Gasteiger partial charge in [0.05, 0.1) is 0 Å². The molecule has 23 heavy (non-hydrogen) atoms. The molecule has 1 radical (unpaired) electrons. The Balaban J connectivity index is 1.92. The predicted octanol–water partition coefficient (Wildman–Crippen LogP) is 5.50. The third kappa shape index (κ3) is 2.22. The van der Waals surface area contributed by atoms with Crippen molar-refractivity contribution < 1.29 is 0 Å². The van der Waals surface area contributed by atoms with Crippen molar-refractivity contribution in [1.29, 1.82) is 0 Å². The molecule has 0 unspecified atom stereocenters. The lowest BCUT2D eigenvalue weighted by Gasteiger charge is -2.10. The van der Waals surface area contributed by atoms with Crippen LogP contribution in [-0.4, -0.2) is 13.6 Å². The molecule has 2 aromatic carbocycles. The Bertz CT molecular complexity index is 919. The summed E-state index contributed by atoms with van der Waals surface area (Å²) in [6.07, 6.45) is 3.38. The molecule has 0 aliphatic heterocycles. The van der Waals surface area contributed by atoms with Gasteiger partial charge < -0.3 is 0 Å². The quantitative estimate of drug-likeness (QED) is 0.521. The monoisotopic (exact) mass is 313 g/mol. The van der Waals surface area contributed by atoms with Crippen LogP contribution < -0.4 is 0 Å². The van der Waals surface area contributed by atoms with E-state index in [1.165, 1.54) is 44.5 Å². The van der Waals surface area contributed by atoms with E-state index in [1.54, 1.807) is 5.17 Å². The third-order valence-corrected chi connectivity index (χ3v) is 6.42. The van der Waals surface area contributed by atoms with Crippen molar-refractivity contribution in [2.24, 2.45) is 0 Å². The van der Waals surface area contributed by atoms with E-state index in [1.807, 2.05) is 0 Å². The fraction of sp³-hybridized carbons (Fsp3) is 0.227. The van der Waals surface area contributed by atoms with Gasteiger partial charge in [-0.05, 0) is 70.5 Å². The topological polar surface area (TPSA) is 0 Å². The van der Waals surface area contributed by atoms with E-state index in [2.05, 4.69) is 75.5 Å². The summed E-state index contributed by atoms with van der Waals surface area (Å²) in [4.78, 5) is 0. The van der Waals surface area contributed by atoms with Crippen LogP contribution in [0.15, 0.2) is 53.6 Å². The summed E-state index contributed by atoms with van der Waals surface area (Å²) in [7, 11) is -0.543. The van der Waals surface area contributed by atoms with Crippen molar-refractivity contribution in [3.63, 3.8) is 0 Å². The number of rotatable bonds is 1. The second-order valence-electron chi connectivity index (χ2n) is 6.91. The first-order valence-electron chi connectivity index (χ1n) is 8.27. The van der Waals surface area contributed by atoms with Crippen LogP contribution in [-0.2, 0) is 0 Å². The lowest BCUT2D eigenvalue weighted by molar-refractivity contribution is 1.26. The highest BCUT2D eigenvalue weighted by molar-refractivity contribution is 6.76. The van der Waals surface area contributed by atoms with E-state index < -0.39 is 8.41 Å². The molecule has 2 aromatic rings. The van der Waals surface area contributed by atoms with E-state index in [0.717, 1.165) is 6.42 Å². The Kier molecular flexibility index (Phi) is 3.35. The van der Waals surface area contributed by atoms with E-state index in [-0.39, 0.29) is 0 Å². The van der Waals surface area contributed by atoms with Crippen LogP contribution in [0.2, 0.25) is 13.1 Å². The zero-order valence-corrected chi connectivity index (χ0v) is 15.2. The summed E-state index contributed by atoms with van der Waals surface area (Å²) in [6.45, 7) is 9.22. The Morgan fingerprint density at radius 3 is 2.30 bits per heavy atom. The molecule has 113 valence electrons.